The number of hydrogen-bond acceptors (Lipinski definition) is 4. The van der Waals surface area contributed by atoms with Crippen LogP contribution in [0.4, 0.5) is 0 Å². The maximum Gasteiger partial charge on any atom is 0.161 e. The van der Waals surface area contributed by atoms with Crippen LogP contribution in [0, 0.1) is 0 Å². The monoisotopic (exact) mass is 507 g/mol. The molecule has 0 saturated heterocycles. The van der Waals surface area contributed by atoms with Crippen molar-refractivity contribution in [1.82, 2.24) is 4.98 Å². The minimum absolute atomic E-state index is 0.441. The molecule has 0 radical (unpaired) electrons. The van der Waals surface area contributed by atoms with E-state index < -0.39 is 0 Å². The molecule has 5 rings (SSSR count). The molecule has 4 aromatic carbocycles. The maximum atomic E-state index is 6.10. The number of hydrogen-bond donors (Lipinski definition) is 0. The first-order valence-corrected chi connectivity index (χ1v) is 12.4. The Balaban J connectivity index is 1.31. The Morgan fingerprint density at radius 2 is 1.43 bits per heavy atom. The average molecular weight is 508 g/mol. The quantitative estimate of drug-likeness (QED) is 0.201. The Morgan fingerprint density at radius 1 is 0.676 bits per heavy atom. The second-order valence-electron chi connectivity index (χ2n) is 8.50. The lowest BCUT2D eigenvalue weighted by molar-refractivity contribution is 0.284. The third kappa shape index (κ3) is 6.29. The van der Waals surface area contributed by atoms with Crippen LogP contribution in [0.2, 0.25) is 5.02 Å². The topological polar surface area (TPSA) is 40.6 Å². The standard InChI is InChI=1S/C32H26ClNO3/c1-35-31-20-23(13-19-29(31)36-21-24-6-3-2-4-7-24)12-17-28-18-14-26-8-5-9-30(32(26)34-28)37-22-25-10-15-27(33)16-11-25/h2-20H,21-22H2,1H3/b17-12-. The maximum absolute atomic E-state index is 6.10. The molecule has 0 spiro atoms. The van der Waals surface area contributed by atoms with Gasteiger partial charge in [-0.3, -0.25) is 0 Å². The van der Waals surface area contributed by atoms with Gasteiger partial charge in [0.05, 0.1) is 12.8 Å². The zero-order valence-corrected chi connectivity index (χ0v) is 21.2. The molecule has 0 atom stereocenters. The lowest BCUT2D eigenvalue weighted by atomic mass is 10.1. The second kappa shape index (κ2) is 11.6. The number of rotatable bonds is 9. The number of para-hydroxylation sites is 1. The van der Waals surface area contributed by atoms with E-state index in [0.717, 1.165) is 39.0 Å². The summed E-state index contributed by atoms with van der Waals surface area (Å²) in [5.41, 5.74) is 4.78. The molecule has 4 nitrogen and oxygen atoms in total. The summed E-state index contributed by atoms with van der Waals surface area (Å²) in [6, 6.07) is 33.6. The van der Waals surface area contributed by atoms with E-state index in [9.17, 15) is 0 Å². The van der Waals surface area contributed by atoms with Gasteiger partial charge in [0.1, 0.15) is 24.5 Å². The molecule has 0 aliphatic heterocycles. The van der Waals surface area contributed by atoms with Crippen molar-refractivity contribution < 1.29 is 14.2 Å². The van der Waals surface area contributed by atoms with Gasteiger partial charge in [-0.1, -0.05) is 84.4 Å². The van der Waals surface area contributed by atoms with Crippen LogP contribution in [0.1, 0.15) is 22.4 Å². The van der Waals surface area contributed by atoms with Gasteiger partial charge < -0.3 is 14.2 Å². The van der Waals surface area contributed by atoms with E-state index in [1.807, 2.05) is 109 Å². The van der Waals surface area contributed by atoms with Gasteiger partial charge in [-0.2, -0.15) is 0 Å². The van der Waals surface area contributed by atoms with Crippen LogP contribution in [-0.4, -0.2) is 12.1 Å². The summed E-state index contributed by atoms with van der Waals surface area (Å²) in [5.74, 6) is 2.13. The van der Waals surface area contributed by atoms with Crippen LogP contribution in [0.25, 0.3) is 23.1 Å². The highest BCUT2D eigenvalue weighted by molar-refractivity contribution is 6.30. The molecule has 1 heterocycles. The van der Waals surface area contributed by atoms with Crippen molar-refractivity contribution in [2.45, 2.75) is 13.2 Å². The van der Waals surface area contributed by atoms with Gasteiger partial charge in [0, 0.05) is 10.4 Å². The Hall–Kier alpha value is -4.28. The first-order valence-electron chi connectivity index (χ1n) is 12.0. The zero-order chi connectivity index (χ0) is 25.5. The smallest absolute Gasteiger partial charge is 0.161 e. The number of benzene rings is 4. The predicted molar refractivity (Wildman–Crippen MR) is 150 cm³/mol. The largest absolute Gasteiger partial charge is 0.493 e. The van der Waals surface area contributed by atoms with Crippen LogP contribution in [0.5, 0.6) is 17.2 Å². The molecule has 1 aromatic heterocycles. The fourth-order valence-electron chi connectivity index (χ4n) is 3.91. The first kappa shape index (κ1) is 24.4. The van der Waals surface area contributed by atoms with Gasteiger partial charge >= 0.3 is 0 Å². The molecule has 0 bridgehead atoms. The van der Waals surface area contributed by atoms with E-state index in [1.165, 1.54) is 0 Å². The molecule has 5 heteroatoms. The Labute approximate surface area is 221 Å². The summed E-state index contributed by atoms with van der Waals surface area (Å²) in [6.07, 6.45) is 3.99. The van der Waals surface area contributed by atoms with Gasteiger partial charge in [0.2, 0.25) is 0 Å². The molecular weight excluding hydrogens is 482 g/mol. The molecule has 0 aliphatic carbocycles. The summed E-state index contributed by atoms with van der Waals surface area (Å²) in [6.45, 7) is 0.923. The molecule has 5 aromatic rings. The third-order valence-corrected chi connectivity index (χ3v) is 6.14. The normalized spacial score (nSPS) is 11.1. The summed E-state index contributed by atoms with van der Waals surface area (Å²) >= 11 is 5.99. The SMILES string of the molecule is COc1cc(/C=C\c2ccc3cccc(OCc4ccc(Cl)cc4)c3n2)ccc1OCc1ccccc1. The summed E-state index contributed by atoms with van der Waals surface area (Å²) < 4.78 is 17.6. The van der Waals surface area contributed by atoms with E-state index in [1.54, 1.807) is 7.11 Å². The van der Waals surface area contributed by atoms with Crippen LogP contribution in [-0.2, 0) is 13.2 Å². The van der Waals surface area contributed by atoms with Crippen LogP contribution in [0.3, 0.4) is 0 Å². The highest BCUT2D eigenvalue weighted by Gasteiger charge is 2.07. The Morgan fingerprint density at radius 3 is 2.22 bits per heavy atom. The van der Waals surface area contributed by atoms with Crippen LogP contribution >= 0.6 is 11.6 Å². The number of ether oxygens (including phenoxy) is 3. The first-order chi connectivity index (χ1) is 18.2. The molecule has 0 aliphatic rings. The molecular formula is C32H26ClNO3. The van der Waals surface area contributed by atoms with Crippen molar-refractivity contribution in [3.8, 4) is 17.2 Å². The number of methoxy groups -OCH3 is 1. The van der Waals surface area contributed by atoms with Crippen LogP contribution in [0.15, 0.2) is 103 Å². The number of nitrogens with zero attached hydrogens (tertiary/aromatic N) is 1. The van der Waals surface area contributed by atoms with Crippen molar-refractivity contribution in [1.29, 1.82) is 0 Å². The average Bonchev–Trinajstić information content (AvgIpc) is 2.95. The number of fused-ring (bicyclic) bond motifs is 1. The molecule has 0 amide bonds. The van der Waals surface area contributed by atoms with Crippen LogP contribution < -0.4 is 14.2 Å². The number of aromatic nitrogens is 1. The van der Waals surface area contributed by atoms with E-state index in [0.29, 0.717) is 29.7 Å². The number of halogens is 1. The molecule has 0 fully saturated rings. The van der Waals surface area contributed by atoms with Crippen molar-refractivity contribution in [3.63, 3.8) is 0 Å². The zero-order valence-electron chi connectivity index (χ0n) is 20.4. The molecule has 184 valence electrons. The lowest BCUT2D eigenvalue weighted by Crippen LogP contribution is -1.97. The Kier molecular flexibility index (Phi) is 7.68. The van der Waals surface area contributed by atoms with Gasteiger partial charge in [-0.25, -0.2) is 4.98 Å². The highest BCUT2D eigenvalue weighted by atomic mass is 35.5. The van der Waals surface area contributed by atoms with E-state index in [4.69, 9.17) is 30.8 Å². The van der Waals surface area contributed by atoms with Gasteiger partial charge in [0.25, 0.3) is 0 Å². The number of pyridine rings is 1. The van der Waals surface area contributed by atoms with Crippen molar-refractivity contribution in [2.24, 2.45) is 0 Å². The van der Waals surface area contributed by atoms with Crippen molar-refractivity contribution >= 4 is 34.7 Å². The fourth-order valence-corrected chi connectivity index (χ4v) is 4.04. The van der Waals surface area contributed by atoms with E-state index >= 15 is 0 Å². The minimum atomic E-state index is 0.441. The predicted octanol–water partition coefficient (Wildman–Crippen LogP) is 8.23. The molecule has 0 unspecified atom stereocenters. The third-order valence-electron chi connectivity index (χ3n) is 5.88. The lowest BCUT2D eigenvalue weighted by Gasteiger charge is -2.11. The Bertz CT molecular complexity index is 1520. The highest BCUT2D eigenvalue weighted by Crippen LogP contribution is 2.30. The van der Waals surface area contributed by atoms with E-state index in [-0.39, 0.29) is 0 Å². The van der Waals surface area contributed by atoms with Crippen molar-refractivity contribution in [2.75, 3.05) is 7.11 Å². The van der Waals surface area contributed by atoms with Gasteiger partial charge in [-0.15, -0.1) is 0 Å². The summed E-state index contributed by atoms with van der Waals surface area (Å²) in [5, 5.41) is 1.73. The van der Waals surface area contributed by atoms with E-state index in [2.05, 4.69) is 6.07 Å². The minimum Gasteiger partial charge on any atom is -0.493 e. The molecule has 37 heavy (non-hydrogen) atoms. The van der Waals surface area contributed by atoms with Gasteiger partial charge in [-0.05, 0) is 59.2 Å². The van der Waals surface area contributed by atoms with Crippen molar-refractivity contribution in [3.05, 3.63) is 131 Å². The summed E-state index contributed by atoms with van der Waals surface area (Å²) in [4.78, 5) is 4.85. The fraction of sp³-hybridized carbons (Fsp3) is 0.0938. The van der Waals surface area contributed by atoms with Gasteiger partial charge in [0.15, 0.2) is 11.5 Å². The molecule has 0 N–H and O–H groups in total. The second-order valence-corrected chi connectivity index (χ2v) is 8.93. The summed E-state index contributed by atoms with van der Waals surface area (Å²) in [7, 11) is 1.65. The molecule has 0 saturated carbocycles.